The van der Waals surface area contributed by atoms with Crippen LogP contribution in [0.5, 0.6) is 5.75 Å². The van der Waals surface area contributed by atoms with Crippen molar-refractivity contribution in [3.63, 3.8) is 0 Å². The third-order valence-electron chi connectivity index (χ3n) is 3.58. The molecule has 0 spiro atoms. The third kappa shape index (κ3) is 4.49. The first-order valence-electron chi connectivity index (χ1n) is 7.76. The second-order valence-corrected chi connectivity index (χ2v) is 5.88. The molecule has 0 aliphatic carbocycles. The van der Waals surface area contributed by atoms with Crippen molar-refractivity contribution in [3.8, 4) is 23.1 Å². The summed E-state index contributed by atoms with van der Waals surface area (Å²) in [7, 11) is 0. The van der Waals surface area contributed by atoms with Gasteiger partial charge in [-0.15, -0.1) is 0 Å². The van der Waals surface area contributed by atoms with Gasteiger partial charge in [0.2, 0.25) is 0 Å². The molecule has 0 N–H and O–H groups in total. The van der Waals surface area contributed by atoms with Crippen LogP contribution < -0.4 is 4.74 Å². The fourth-order valence-corrected chi connectivity index (χ4v) is 2.49. The van der Waals surface area contributed by atoms with E-state index < -0.39 is 17.6 Å². The van der Waals surface area contributed by atoms with E-state index in [1.807, 2.05) is 6.07 Å². The summed E-state index contributed by atoms with van der Waals surface area (Å²) in [6.45, 7) is 0. The maximum Gasteiger partial charge on any atom is 0.311 e. The van der Waals surface area contributed by atoms with Gasteiger partial charge in [-0.25, -0.2) is 13.8 Å². The number of rotatable bonds is 5. The molecular weight excluding hydrogens is 378 g/mol. The van der Waals surface area contributed by atoms with E-state index in [1.165, 1.54) is 30.5 Å². The SMILES string of the molecule is N#Cc1ccc(OC(=O)CCc2ncc(-c3ccc(F)cc3F)o2)c(Cl)c1. The molecule has 27 heavy (non-hydrogen) atoms. The highest BCUT2D eigenvalue weighted by Gasteiger charge is 2.14. The Balaban J connectivity index is 1.61. The van der Waals surface area contributed by atoms with E-state index in [1.54, 1.807) is 0 Å². The van der Waals surface area contributed by atoms with Crippen molar-refractivity contribution in [2.75, 3.05) is 0 Å². The van der Waals surface area contributed by atoms with Crippen LogP contribution in [-0.4, -0.2) is 11.0 Å². The second-order valence-electron chi connectivity index (χ2n) is 5.47. The van der Waals surface area contributed by atoms with Crippen LogP contribution in [0.2, 0.25) is 5.02 Å². The Bertz CT molecular complexity index is 1040. The smallest absolute Gasteiger partial charge is 0.311 e. The number of benzene rings is 2. The molecule has 0 unspecified atom stereocenters. The molecule has 0 aliphatic heterocycles. The molecule has 0 saturated carbocycles. The van der Waals surface area contributed by atoms with Gasteiger partial charge in [-0.2, -0.15) is 5.26 Å². The van der Waals surface area contributed by atoms with Gasteiger partial charge in [0.05, 0.1) is 34.8 Å². The van der Waals surface area contributed by atoms with Gasteiger partial charge >= 0.3 is 5.97 Å². The lowest BCUT2D eigenvalue weighted by Crippen LogP contribution is -2.09. The first-order valence-corrected chi connectivity index (χ1v) is 8.14. The molecule has 0 amide bonds. The molecule has 8 heteroatoms. The molecule has 0 radical (unpaired) electrons. The molecule has 3 rings (SSSR count). The maximum atomic E-state index is 13.8. The van der Waals surface area contributed by atoms with E-state index in [0.717, 1.165) is 12.1 Å². The second kappa shape index (κ2) is 7.98. The zero-order chi connectivity index (χ0) is 19.4. The highest BCUT2D eigenvalue weighted by molar-refractivity contribution is 6.32. The Labute approximate surface area is 157 Å². The lowest BCUT2D eigenvalue weighted by atomic mass is 10.2. The number of esters is 1. The summed E-state index contributed by atoms with van der Waals surface area (Å²) >= 11 is 5.95. The highest BCUT2D eigenvalue weighted by Crippen LogP contribution is 2.26. The van der Waals surface area contributed by atoms with Gasteiger partial charge in [-0.05, 0) is 30.3 Å². The van der Waals surface area contributed by atoms with E-state index in [-0.39, 0.29) is 40.8 Å². The van der Waals surface area contributed by atoms with Gasteiger partial charge in [0.1, 0.15) is 17.4 Å². The monoisotopic (exact) mass is 388 g/mol. The van der Waals surface area contributed by atoms with Crippen molar-refractivity contribution in [1.82, 2.24) is 4.98 Å². The van der Waals surface area contributed by atoms with E-state index in [9.17, 15) is 13.6 Å². The Morgan fingerprint density at radius 3 is 2.78 bits per heavy atom. The number of halogens is 3. The van der Waals surface area contributed by atoms with Crippen molar-refractivity contribution in [1.29, 1.82) is 5.26 Å². The minimum atomic E-state index is -0.771. The number of carbonyl (C=O) groups excluding carboxylic acids is 1. The Morgan fingerprint density at radius 1 is 1.26 bits per heavy atom. The van der Waals surface area contributed by atoms with Crippen LogP contribution in [0.3, 0.4) is 0 Å². The normalized spacial score (nSPS) is 10.4. The van der Waals surface area contributed by atoms with Crippen LogP contribution >= 0.6 is 11.6 Å². The molecule has 0 aliphatic rings. The molecule has 2 aromatic carbocycles. The van der Waals surface area contributed by atoms with Gasteiger partial charge in [-0.3, -0.25) is 4.79 Å². The fourth-order valence-electron chi connectivity index (χ4n) is 2.28. The van der Waals surface area contributed by atoms with E-state index >= 15 is 0 Å². The lowest BCUT2D eigenvalue weighted by molar-refractivity contribution is -0.134. The third-order valence-corrected chi connectivity index (χ3v) is 3.87. The molecule has 3 aromatic rings. The van der Waals surface area contributed by atoms with Crippen molar-refractivity contribution >= 4 is 17.6 Å². The van der Waals surface area contributed by atoms with E-state index in [2.05, 4.69) is 4.98 Å². The predicted molar refractivity (Wildman–Crippen MR) is 92.0 cm³/mol. The van der Waals surface area contributed by atoms with Gasteiger partial charge < -0.3 is 9.15 Å². The zero-order valence-electron chi connectivity index (χ0n) is 13.7. The Kier molecular flexibility index (Phi) is 5.48. The summed E-state index contributed by atoms with van der Waals surface area (Å²) in [5.74, 6) is -1.56. The average Bonchev–Trinajstić information content (AvgIpc) is 3.10. The number of nitrogens with zero attached hydrogens (tertiary/aromatic N) is 2. The van der Waals surface area contributed by atoms with Crippen LogP contribution in [0.25, 0.3) is 11.3 Å². The minimum Gasteiger partial charge on any atom is -0.441 e. The van der Waals surface area contributed by atoms with Crippen molar-refractivity contribution in [2.24, 2.45) is 0 Å². The summed E-state index contributed by atoms with van der Waals surface area (Å²) in [6.07, 6.45) is 1.37. The fraction of sp³-hybridized carbons (Fsp3) is 0.105. The standard InChI is InChI=1S/C19H11ClF2N2O3/c20-14-7-11(9-23)1-4-16(14)27-19(25)6-5-18-24-10-17(26-18)13-3-2-12(21)8-15(13)22/h1-4,7-8,10H,5-6H2. The lowest BCUT2D eigenvalue weighted by Gasteiger charge is -2.05. The topological polar surface area (TPSA) is 76.1 Å². The summed E-state index contributed by atoms with van der Waals surface area (Å²) in [4.78, 5) is 15.9. The largest absolute Gasteiger partial charge is 0.441 e. The maximum absolute atomic E-state index is 13.8. The first-order chi connectivity index (χ1) is 13.0. The predicted octanol–water partition coefficient (Wildman–Crippen LogP) is 4.68. The molecular formula is C19H11ClF2N2O3. The number of carbonyl (C=O) groups is 1. The highest BCUT2D eigenvalue weighted by atomic mass is 35.5. The van der Waals surface area contributed by atoms with Crippen LogP contribution in [0.4, 0.5) is 8.78 Å². The molecule has 0 saturated heterocycles. The number of ether oxygens (including phenoxy) is 1. The first kappa shape index (κ1) is 18.5. The molecule has 1 heterocycles. The van der Waals surface area contributed by atoms with Crippen LogP contribution in [-0.2, 0) is 11.2 Å². The van der Waals surface area contributed by atoms with Crippen molar-refractivity contribution in [3.05, 3.63) is 70.7 Å². The summed E-state index contributed by atoms with van der Waals surface area (Å²) in [5.41, 5.74) is 0.419. The number of oxazole rings is 1. The number of nitriles is 1. The zero-order valence-corrected chi connectivity index (χ0v) is 14.5. The number of hydrogen-bond acceptors (Lipinski definition) is 5. The number of aryl methyl sites for hydroxylation is 1. The van der Waals surface area contributed by atoms with Crippen LogP contribution in [0, 0.1) is 23.0 Å². The van der Waals surface area contributed by atoms with Gasteiger partial charge in [0.15, 0.2) is 11.7 Å². The van der Waals surface area contributed by atoms with E-state index in [0.29, 0.717) is 5.56 Å². The molecule has 0 atom stereocenters. The molecule has 0 fully saturated rings. The summed E-state index contributed by atoms with van der Waals surface area (Å²) in [6, 6.07) is 9.33. The Morgan fingerprint density at radius 2 is 2.07 bits per heavy atom. The van der Waals surface area contributed by atoms with Gasteiger partial charge in [0, 0.05) is 12.5 Å². The van der Waals surface area contributed by atoms with Gasteiger partial charge in [-0.1, -0.05) is 11.6 Å². The summed E-state index contributed by atoms with van der Waals surface area (Å²) in [5, 5.41) is 8.93. The van der Waals surface area contributed by atoms with E-state index in [4.69, 9.17) is 26.0 Å². The number of hydrogen-bond donors (Lipinski definition) is 0. The minimum absolute atomic E-state index is 0.0534. The molecule has 0 bridgehead atoms. The van der Waals surface area contributed by atoms with Crippen molar-refractivity contribution in [2.45, 2.75) is 12.8 Å². The molecule has 136 valence electrons. The Hall–Kier alpha value is -3.24. The molecule has 1 aromatic heterocycles. The van der Waals surface area contributed by atoms with Gasteiger partial charge in [0.25, 0.3) is 0 Å². The van der Waals surface area contributed by atoms with Crippen LogP contribution in [0.1, 0.15) is 17.9 Å². The average molecular weight is 389 g/mol. The number of aromatic nitrogens is 1. The molecule has 5 nitrogen and oxygen atoms in total. The summed E-state index contributed by atoms with van der Waals surface area (Å²) < 4.78 is 37.3. The quantitative estimate of drug-likeness (QED) is 0.468. The van der Waals surface area contributed by atoms with Crippen LogP contribution in [0.15, 0.2) is 47.0 Å². The van der Waals surface area contributed by atoms with Crippen molar-refractivity contribution < 1.29 is 22.7 Å².